The van der Waals surface area contributed by atoms with Gasteiger partial charge in [0.25, 0.3) is 5.56 Å². The second-order valence-electron chi connectivity index (χ2n) is 5.83. The van der Waals surface area contributed by atoms with Crippen molar-refractivity contribution in [2.45, 2.75) is 26.4 Å². The monoisotopic (exact) mass is 352 g/mol. The van der Waals surface area contributed by atoms with Gasteiger partial charge in [0.15, 0.2) is 0 Å². The van der Waals surface area contributed by atoms with E-state index in [-0.39, 0.29) is 12.2 Å². The Bertz CT molecular complexity index is 948. The Balaban J connectivity index is 1.62. The molecule has 0 aliphatic rings. The smallest absolute Gasteiger partial charge is 0.338 e. The van der Waals surface area contributed by atoms with E-state index in [1.165, 1.54) is 0 Å². The van der Waals surface area contributed by atoms with E-state index >= 15 is 0 Å². The first-order chi connectivity index (χ1) is 12.7. The maximum atomic E-state index is 12.2. The summed E-state index contributed by atoms with van der Waals surface area (Å²) < 4.78 is 10.8. The number of hydrogen-bond donors (Lipinski definition) is 1. The second-order valence-corrected chi connectivity index (χ2v) is 5.83. The molecular weight excluding hydrogens is 332 g/mol. The van der Waals surface area contributed by atoms with Crippen LogP contribution < -0.4 is 10.3 Å². The van der Waals surface area contributed by atoms with Crippen molar-refractivity contribution >= 4 is 16.9 Å². The van der Waals surface area contributed by atoms with Crippen LogP contribution in [0.4, 0.5) is 0 Å². The van der Waals surface area contributed by atoms with Crippen LogP contribution in [0.2, 0.25) is 0 Å². The van der Waals surface area contributed by atoms with Crippen LogP contribution in [0.15, 0.2) is 53.3 Å². The number of fused-ring (bicyclic) bond motifs is 1. The second kappa shape index (κ2) is 8.29. The van der Waals surface area contributed by atoms with Gasteiger partial charge in [-0.3, -0.25) is 4.79 Å². The molecule has 0 aliphatic carbocycles. The molecule has 1 aromatic heterocycles. The highest BCUT2D eigenvalue weighted by Gasteiger charge is 2.10. The van der Waals surface area contributed by atoms with Crippen molar-refractivity contribution in [3.8, 4) is 5.75 Å². The Kier molecular flexibility index (Phi) is 5.63. The minimum atomic E-state index is -0.485. The van der Waals surface area contributed by atoms with Crippen molar-refractivity contribution in [2.75, 3.05) is 6.61 Å². The SMILES string of the molecule is CCCCOc1ccc(C(=O)OCc2nc3ccccc3c(=O)[nH]2)cc1. The van der Waals surface area contributed by atoms with Gasteiger partial charge in [-0.25, -0.2) is 9.78 Å². The number of unbranched alkanes of at least 4 members (excludes halogenated alkanes) is 1. The van der Waals surface area contributed by atoms with E-state index in [4.69, 9.17) is 9.47 Å². The zero-order valence-electron chi connectivity index (χ0n) is 14.5. The molecule has 0 fully saturated rings. The number of aromatic amines is 1. The van der Waals surface area contributed by atoms with Crippen LogP contribution in [0.5, 0.6) is 5.75 Å². The van der Waals surface area contributed by atoms with Gasteiger partial charge in [0, 0.05) is 0 Å². The molecule has 3 rings (SSSR count). The summed E-state index contributed by atoms with van der Waals surface area (Å²) >= 11 is 0. The maximum Gasteiger partial charge on any atom is 0.338 e. The lowest BCUT2D eigenvalue weighted by molar-refractivity contribution is 0.0462. The molecule has 0 spiro atoms. The molecule has 0 bridgehead atoms. The summed E-state index contributed by atoms with van der Waals surface area (Å²) in [5.74, 6) is 0.540. The number of ether oxygens (including phenoxy) is 2. The van der Waals surface area contributed by atoms with Gasteiger partial charge in [0.2, 0.25) is 0 Å². The summed E-state index contributed by atoms with van der Waals surface area (Å²) in [6, 6.07) is 13.8. The number of para-hydroxylation sites is 1. The van der Waals surface area contributed by atoms with E-state index in [9.17, 15) is 9.59 Å². The number of hydrogen-bond acceptors (Lipinski definition) is 5. The third-order valence-electron chi connectivity index (χ3n) is 3.86. The lowest BCUT2D eigenvalue weighted by atomic mass is 10.2. The summed E-state index contributed by atoms with van der Waals surface area (Å²) in [7, 11) is 0. The highest BCUT2D eigenvalue weighted by molar-refractivity contribution is 5.89. The van der Waals surface area contributed by atoms with Crippen LogP contribution in [0, 0.1) is 0 Å². The Hall–Kier alpha value is -3.15. The lowest BCUT2D eigenvalue weighted by Crippen LogP contribution is -2.14. The molecule has 0 saturated carbocycles. The quantitative estimate of drug-likeness (QED) is 0.520. The van der Waals surface area contributed by atoms with E-state index in [1.807, 2.05) is 0 Å². The van der Waals surface area contributed by atoms with Crippen LogP contribution in [-0.2, 0) is 11.3 Å². The third kappa shape index (κ3) is 4.27. The molecule has 6 nitrogen and oxygen atoms in total. The number of H-pyrrole nitrogens is 1. The van der Waals surface area contributed by atoms with Gasteiger partial charge in [0.05, 0.1) is 23.1 Å². The summed E-state index contributed by atoms with van der Waals surface area (Å²) in [4.78, 5) is 31.1. The van der Waals surface area contributed by atoms with Gasteiger partial charge < -0.3 is 14.5 Å². The number of aromatic nitrogens is 2. The molecule has 134 valence electrons. The summed E-state index contributed by atoms with van der Waals surface area (Å²) in [5.41, 5.74) is 0.724. The highest BCUT2D eigenvalue weighted by Crippen LogP contribution is 2.14. The van der Waals surface area contributed by atoms with Crippen LogP contribution >= 0.6 is 0 Å². The van der Waals surface area contributed by atoms with E-state index in [0.717, 1.165) is 18.6 Å². The van der Waals surface area contributed by atoms with Crippen LogP contribution in [-0.4, -0.2) is 22.5 Å². The van der Waals surface area contributed by atoms with Crippen LogP contribution in [0.3, 0.4) is 0 Å². The zero-order chi connectivity index (χ0) is 18.4. The minimum absolute atomic E-state index is 0.104. The van der Waals surface area contributed by atoms with Crippen molar-refractivity contribution in [1.29, 1.82) is 0 Å². The number of carbonyl (C=O) groups is 1. The molecule has 0 saturated heterocycles. The fraction of sp³-hybridized carbons (Fsp3) is 0.250. The number of nitrogens with one attached hydrogen (secondary N) is 1. The van der Waals surface area contributed by atoms with Crippen LogP contribution in [0.25, 0.3) is 10.9 Å². The van der Waals surface area contributed by atoms with Gasteiger partial charge in [0.1, 0.15) is 18.2 Å². The Morgan fingerprint density at radius 3 is 2.65 bits per heavy atom. The summed E-state index contributed by atoms with van der Waals surface area (Å²) in [6.07, 6.45) is 2.05. The Labute approximate surface area is 150 Å². The van der Waals surface area contributed by atoms with Crippen molar-refractivity contribution in [1.82, 2.24) is 9.97 Å². The van der Waals surface area contributed by atoms with Crippen molar-refractivity contribution in [2.24, 2.45) is 0 Å². The van der Waals surface area contributed by atoms with Crippen molar-refractivity contribution in [3.63, 3.8) is 0 Å². The molecule has 1 heterocycles. The first-order valence-corrected chi connectivity index (χ1v) is 8.55. The molecule has 3 aromatic rings. The molecule has 2 aromatic carbocycles. The average molecular weight is 352 g/mol. The van der Waals surface area contributed by atoms with E-state index < -0.39 is 5.97 Å². The topological polar surface area (TPSA) is 81.3 Å². The molecule has 26 heavy (non-hydrogen) atoms. The van der Waals surface area contributed by atoms with E-state index in [1.54, 1.807) is 48.5 Å². The lowest BCUT2D eigenvalue weighted by Gasteiger charge is -2.07. The average Bonchev–Trinajstić information content (AvgIpc) is 2.67. The first-order valence-electron chi connectivity index (χ1n) is 8.55. The van der Waals surface area contributed by atoms with Gasteiger partial charge in [-0.1, -0.05) is 25.5 Å². The number of esters is 1. The van der Waals surface area contributed by atoms with E-state index in [2.05, 4.69) is 16.9 Å². The number of rotatable bonds is 7. The Morgan fingerprint density at radius 1 is 1.12 bits per heavy atom. The van der Waals surface area contributed by atoms with Gasteiger partial charge in [-0.05, 0) is 42.8 Å². The van der Waals surface area contributed by atoms with E-state index in [0.29, 0.717) is 28.9 Å². The molecule has 0 atom stereocenters. The number of carbonyl (C=O) groups excluding carboxylic acids is 1. The predicted molar refractivity (Wildman–Crippen MR) is 98.3 cm³/mol. The number of nitrogens with zero attached hydrogens (tertiary/aromatic N) is 1. The molecular formula is C20H20N2O4. The molecule has 0 radical (unpaired) electrons. The standard InChI is InChI=1S/C20H20N2O4/c1-2-3-12-25-15-10-8-14(9-11-15)20(24)26-13-18-21-17-7-5-4-6-16(17)19(23)22-18/h4-11H,2-3,12-13H2,1H3,(H,21,22,23). The fourth-order valence-corrected chi connectivity index (χ4v) is 2.44. The molecule has 0 amide bonds. The minimum Gasteiger partial charge on any atom is -0.494 e. The van der Waals surface area contributed by atoms with Crippen LogP contribution in [0.1, 0.15) is 35.9 Å². The molecule has 0 aliphatic heterocycles. The largest absolute Gasteiger partial charge is 0.494 e. The Morgan fingerprint density at radius 2 is 1.88 bits per heavy atom. The van der Waals surface area contributed by atoms with Gasteiger partial charge in [-0.2, -0.15) is 0 Å². The van der Waals surface area contributed by atoms with Crippen molar-refractivity contribution in [3.05, 3.63) is 70.3 Å². The number of benzene rings is 2. The molecule has 6 heteroatoms. The molecule has 1 N–H and O–H groups in total. The highest BCUT2D eigenvalue weighted by atomic mass is 16.5. The van der Waals surface area contributed by atoms with Gasteiger partial charge >= 0.3 is 5.97 Å². The summed E-state index contributed by atoms with van der Waals surface area (Å²) in [6.45, 7) is 2.65. The fourth-order valence-electron chi connectivity index (χ4n) is 2.44. The first kappa shape index (κ1) is 17.7. The predicted octanol–water partition coefficient (Wildman–Crippen LogP) is 3.46. The maximum absolute atomic E-state index is 12.2. The third-order valence-corrected chi connectivity index (χ3v) is 3.86. The van der Waals surface area contributed by atoms with Crippen molar-refractivity contribution < 1.29 is 14.3 Å². The zero-order valence-corrected chi connectivity index (χ0v) is 14.5. The summed E-state index contributed by atoms with van der Waals surface area (Å²) in [5, 5.41) is 0.501. The molecule has 0 unspecified atom stereocenters. The normalized spacial score (nSPS) is 10.7. The van der Waals surface area contributed by atoms with Gasteiger partial charge in [-0.15, -0.1) is 0 Å².